The molecule has 0 aliphatic carbocycles. The van der Waals surface area contributed by atoms with E-state index in [0.29, 0.717) is 6.61 Å². The molecule has 0 unspecified atom stereocenters. The lowest BCUT2D eigenvalue weighted by molar-refractivity contribution is 0.311. The smallest absolute Gasteiger partial charge is 0.161 e. The van der Waals surface area contributed by atoms with Gasteiger partial charge in [0.05, 0.1) is 31.8 Å². The molecule has 2 N–H and O–H groups in total. The topological polar surface area (TPSA) is 60.1 Å². The van der Waals surface area contributed by atoms with Crippen molar-refractivity contribution in [2.75, 3.05) is 31.1 Å². The van der Waals surface area contributed by atoms with Gasteiger partial charge in [0.2, 0.25) is 0 Å². The molecule has 2 aromatic carbocycles. The minimum atomic E-state index is 0.613. The second-order valence-corrected chi connectivity index (χ2v) is 6.68. The Balaban J connectivity index is 1.79. The van der Waals surface area contributed by atoms with Crippen molar-refractivity contribution in [1.29, 1.82) is 0 Å². The van der Waals surface area contributed by atoms with E-state index in [2.05, 4.69) is 5.01 Å². The summed E-state index contributed by atoms with van der Waals surface area (Å²) in [5, 5.41) is 6.90. The Kier molecular flexibility index (Phi) is 5.71. The number of ether oxygens (including phenoxy) is 2. The summed E-state index contributed by atoms with van der Waals surface area (Å²) in [6, 6.07) is 13.9. The SMILES string of the molecule is CCOc1ccc(C2=NN(Cc3ccc(N)cc3)CSC2)cc1OC. The normalized spacial score (nSPS) is 14.2. The van der Waals surface area contributed by atoms with Crippen LogP contribution < -0.4 is 15.2 Å². The first-order valence-electron chi connectivity index (χ1n) is 8.25. The second-order valence-electron chi connectivity index (χ2n) is 5.73. The molecule has 132 valence electrons. The molecule has 2 aromatic rings. The molecule has 0 atom stereocenters. The summed E-state index contributed by atoms with van der Waals surface area (Å²) in [7, 11) is 1.66. The monoisotopic (exact) mass is 357 g/mol. The van der Waals surface area contributed by atoms with E-state index in [-0.39, 0.29) is 0 Å². The zero-order valence-electron chi connectivity index (χ0n) is 14.6. The number of methoxy groups -OCH3 is 1. The Morgan fingerprint density at radius 2 is 1.96 bits per heavy atom. The Labute approximate surface area is 152 Å². The van der Waals surface area contributed by atoms with Gasteiger partial charge in [0.25, 0.3) is 0 Å². The first-order valence-corrected chi connectivity index (χ1v) is 9.41. The van der Waals surface area contributed by atoms with Crippen LogP contribution in [0.25, 0.3) is 0 Å². The van der Waals surface area contributed by atoms with Crippen molar-refractivity contribution in [2.45, 2.75) is 13.5 Å². The van der Waals surface area contributed by atoms with Gasteiger partial charge in [-0.15, -0.1) is 11.8 Å². The maximum Gasteiger partial charge on any atom is 0.161 e. The molecular formula is C19H23N3O2S. The number of anilines is 1. The summed E-state index contributed by atoms with van der Waals surface area (Å²) in [5.41, 5.74) is 9.84. The first-order chi connectivity index (χ1) is 12.2. The van der Waals surface area contributed by atoms with E-state index in [1.165, 1.54) is 5.56 Å². The van der Waals surface area contributed by atoms with Crippen LogP contribution in [0.1, 0.15) is 18.1 Å². The van der Waals surface area contributed by atoms with Crippen LogP contribution in [-0.4, -0.2) is 36.1 Å². The number of hydrogen-bond acceptors (Lipinski definition) is 6. The van der Waals surface area contributed by atoms with Crippen molar-refractivity contribution >= 4 is 23.2 Å². The molecule has 1 aliphatic heterocycles. The number of nitrogens with two attached hydrogens (primary N) is 1. The van der Waals surface area contributed by atoms with Crippen molar-refractivity contribution in [3.8, 4) is 11.5 Å². The first kappa shape index (κ1) is 17.5. The van der Waals surface area contributed by atoms with Crippen LogP contribution in [0.15, 0.2) is 47.6 Å². The van der Waals surface area contributed by atoms with Crippen LogP contribution in [0.2, 0.25) is 0 Å². The van der Waals surface area contributed by atoms with Gasteiger partial charge in [-0.1, -0.05) is 12.1 Å². The molecule has 1 heterocycles. The fourth-order valence-electron chi connectivity index (χ4n) is 2.65. The molecule has 0 amide bonds. The fraction of sp³-hybridized carbons (Fsp3) is 0.316. The van der Waals surface area contributed by atoms with E-state index in [1.807, 2.05) is 61.2 Å². The maximum atomic E-state index is 5.75. The van der Waals surface area contributed by atoms with Gasteiger partial charge >= 0.3 is 0 Å². The lowest BCUT2D eigenvalue weighted by Gasteiger charge is -2.25. The standard InChI is InChI=1S/C19H23N3O2S/c1-3-24-18-9-6-15(10-19(18)23-2)17-12-25-13-22(21-17)11-14-4-7-16(20)8-5-14/h4-10H,3,11-13,20H2,1-2H3. The van der Waals surface area contributed by atoms with E-state index in [0.717, 1.165) is 46.6 Å². The average molecular weight is 357 g/mol. The summed E-state index contributed by atoms with van der Waals surface area (Å²) in [5.74, 6) is 3.26. The number of hydrogen-bond donors (Lipinski definition) is 1. The van der Waals surface area contributed by atoms with E-state index in [4.69, 9.17) is 20.3 Å². The molecular weight excluding hydrogens is 334 g/mol. The Bertz CT molecular complexity index is 747. The van der Waals surface area contributed by atoms with Gasteiger partial charge in [-0.05, 0) is 42.8 Å². The predicted molar refractivity (Wildman–Crippen MR) is 104 cm³/mol. The third-order valence-corrected chi connectivity index (χ3v) is 4.84. The molecule has 6 heteroatoms. The minimum absolute atomic E-state index is 0.613. The van der Waals surface area contributed by atoms with Gasteiger partial charge in [0.15, 0.2) is 11.5 Å². The predicted octanol–water partition coefficient (Wildman–Crippen LogP) is 3.59. The highest BCUT2D eigenvalue weighted by Crippen LogP contribution is 2.29. The van der Waals surface area contributed by atoms with Gasteiger partial charge < -0.3 is 15.2 Å². The lowest BCUT2D eigenvalue weighted by Crippen LogP contribution is -2.25. The van der Waals surface area contributed by atoms with E-state index in [1.54, 1.807) is 7.11 Å². The summed E-state index contributed by atoms with van der Waals surface area (Å²) in [6.07, 6.45) is 0. The van der Waals surface area contributed by atoms with Crippen LogP contribution >= 0.6 is 11.8 Å². The summed E-state index contributed by atoms with van der Waals surface area (Å²) < 4.78 is 11.0. The molecule has 0 spiro atoms. The number of nitrogen functional groups attached to an aromatic ring is 1. The van der Waals surface area contributed by atoms with Crippen LogP contribution in [-0.2, 0) is 6.54 Å². The number of hydrazone groups is 1. The van der Waals surface area contributed by atoms with Gasteiger partial charge in [0, 0.05) is 17.0 Å². The zero-order chi connectivity index (χ0) is 17.6. The number of nitrogens with zero attached hydrogens (tertiary/aromatic N) is 2. The van der Waals surface area contributed by atoms with E-state index in [9.17, 15) is 0 Å². The number of rotatable bonds is 6. The van der Waals surface area contributed by atoms with Gasteiger partial charge in [-0.25, -0.2) is 0 Å². The van der Waals surface area contributed by atoms with E-state index < -0.39 is 0 Å². The van der Waals surface area contributed by atoms with Crippen LogP contribution in [0.4, 0.5) is 5.69 Å². The fourth-order valence-corrected chi connectivity index (χ4v) is 3.52. The molecule has 0 fully saturated rings. The highest BCUT2D eigenvalue weighted by atomic mass is 32.2. The highest BCUT2D eigenvalue weighted by molar-refractivity contribution is 8.00. The summed E-state index contributed by atoms with van der Waals surface area (Å²) >= 11 is 1.85. The zero-order valence-corrected chi connectivity index (χ0v) is 15.4. The third kappa shape index (κ3) is 4.39. The molecule has 0 saturated heterocycles. The van der Waals surface area contributed by atoms with Crippen molar-refractivity contribution in [3.63, 3.8) is 0 Å². The summed E-state index contributed by atoms with van der Waals surface area (Å²) in [6.45, 7) is 3.34. The quantitative estimate of drug-likeness (QED) is 0.801. The van der Waals surface area contributed by atoms with Crippen molar-refractivity contribution in [3.05, 3.63) is 53.6 Å². The maximum absolute atomic E-state index is 5.75. The second kappa shape index (κ2) is 8.16. The molecule has 0 saturated carbocycles. The molecule has 1 aliphatic rings. The Hall–Kier alpha value is -2.34. The average Bonchev–Trinajstić information content (AvgIpc) is 2.64. The lowest BCUT2D eigenvalue weighted by atomic mass is 10.1. The molecule has 0 aromatic heterocycles. The van der Waals surface area contributed by atoms with Gasteiger partial charge in [-0.3, -0.25) is 5.01 Å². The van der Waals surface area contributed by atoms with Crippen LogP contribution in [0, 0.1) is 0 Å². The van der Waals surface area contributed by atoms with Gasteiger partial charge in [0.1, 0.15) is 0 Å². The Morgan fingerprint density at radius 1 is 1.16 bits per heavy atom. The minimum Gasteiger partial charge on any atom is -0.493 e. The van der Waals surface area contributed by atoms with Crippen molar-refractivity contribution < 1.29 is 9.47 Å². The van der Waals surface area contributed by atoms with E-state index >= 15 is 0 Å². The van der Waals surface area contributed by atoms with Gasteiger partial charge in [-0.2, -0.15) is 5.10 Å². The van der Waals surface area contributed by atoms with Crippen LogP contribution in [0.3, 0.4) is 0 Å². The molecule has 0 bridgehead atoms. The summed E-state index contributed by atoms with van der Waals surface area (Å²) in [4.78, 5) is 0. The largest absolute Gasteiger partial charge is 0.493 e. The van der Waals surface area contributed by atoms with Crippen molar-refractivity contribution in [1.82, 2.24) is 5.01 Å². The van der Waals surface area contributed by atoms with Crippen LogP contribution in [0.5, 0.6) is 11.5 Å². The molecule has 5 nitrogen and oxygen atoms in total. The number of benzene rings is 2. The molecule has 3 rings (SSSR count). The number of thioether (sulfide) groups is 1. The Morgan fingerprint density at radius 3 is 2.68 bits per heavy atom. The third-order valence-electron chi connectivity index (χ3n) is 3.88. The molecule has 0 radical (unpaired) electrons. The van der Waals surface area contributed by atoms with Crippen molar-refractivity contribution in [2.24, 2.45) is 5.10 Å². The highest BCUT2D eigenvalue weighted by Gasteiger charge is 2.16. The molecule has 25 heavy (non-hydrogen) atoms.